The lowest BCUT2D eigenvalue weighted by Crippen LogP contribution is -2.37. The zero-order chi connectivity index (χ0) is 43.8. The molecule has 1 rings (SSSR count). The number of likely N-dealkylation sites (N-methyl/N-ethyl adjacent to an activating group) is 1. The number of quaternary nitrogens is 1. The van der Waals surface area contributed by atoms with Gasteiger partial charge in [-0.1, -0.05) is 114 Å². The van der Waals surface area contributed by atoms with Gasteiger partial charge in [0.15, 0.2) is 6.10 Å². The summed E-state index contributed by atoms with van der Waals surface area (Å²) in [5.74, 6) is -1.33. The molecule has 1 saturated carbocycles. The highest BCUT2D eigenvalue weighted by atomic mass is 31.2. The van der Waals surface area contributed by atoms with Crippen LogP contribution in [-0.4, -0.2) is 104 Å². The number of phosphoric acid groups is 1. The largest absolute Gasteiger partial charge is 0.756 e. The van der Waals surface area contributed by atoms with Crippen LogP contribution in [0.15, 0.2) is 48.6 Å². The van der Waals surface area contributed by atoms with Crippen LogP contribution in [0.2, 0.25) is 0 Å². The number of aliphatic hydroxyl groups is 3. The number of ether oxygens (including phenoxy) is 2. The molecule has 1 unspecified atom stereocenters. The molecule has 342 valence electrons. The second-order valence-corrected chi connectivity index (χ2v) is 18.4. The Hall–Kier alpha value is -2.15. The van der Waals surface area contributed by atoms with Gasteiger partial charge in [0, 0.05) is 25.2 Å². The van der Waals surface area contributed by atoms with E-state index in [0.717, 1.165) is 70.6 Å². The molecule has 13 heteroatoms. The summed E-state index contributed by atoms with van der Waals surface area (Å²) < 4.78 is 33.8. The van der Waals surface area contributed by atoms with E-state index in [4.69, 9.17) is 18.5 Å². The third kappa shape index (κ3) is 30.5. The molecular weight excluding hydrogens is 773 g/mol. The van der Waals surface area contributed by atoms with Crippen LogP contribution < -0.4 is 4.89 Å². The summed E-state index contributed by atoms with van der Waals surface area (Å²) in [7, 11) is 1.01. The van der Waals surface area contributed by atoms with E-state index in [1.165, 1.54) is 19.3 Å². The minimum absolute atomic E-state index is 0.0770. The minimum atomic E-state index is -4.70. The molecule has 0 aromatic carbocycles. The lowest BCUT2D eigenvalue weighted by molar-refractivity contribution is -0.870. The Labute approximate surface area is 357 Å². The number of esters is 2. The average Bonchev–Trinajstić information content (AvgIpc) is 3.44. The zero-order valence-electron chi connectivity index (χ0n) is 37.3. The van der Waals surface area contributed by atoms with Crippen molar-refractivity contribution < 1.29 is 57.4 Å². The molecule has 59 heavy (non-hydrogen) atoms. The Kier molecular flexibility index (Phi) is 31.1. The lowest BCUT2D eigenvalue weighted by atomic mass is 9.88. The number of carbonyl (C=O) groups excluding carboxylic acids is 2. The van der Waals surface area contributed by atoms with E-state index in [9.17, 15) is 34.4 Å². The number of nitrogens with zero attached hydrogens (tertiary/aromatic N) is 1. The van der Waals surface area contributed by atoms with Gasteiger partial charge in [-0.3, -0.25) is 14.2 Å². The van der Waals surface area contributed by atoms with E-state index >= 15 is 0 Å². The number of rotatable bonds is 36. The number of phosphoric ester groups is 1. The molecule has 0 aliphatic heterocycles. The minimum Gasteiger partial charge on any atom is -0.756 e. The van der Waals surface area contributed by atoms with Crippen LogP contribution in [-0.2, 0) is 32.7 Å². The van der Waals surface area contributed by atoms with E-state index in [1.54, 1.807) is 6.08 Å². The van der Waals surface area contributed by atoms with Gasteiger partial charge in [-0.2, -0.15) is 0 Å². The summed E-state index contributed by atoms with van der Waals surface area (Å²) in [4.78, 5) is 37.8. The van der Waals surface area contributed by atoms with Crippen molar-refractivity contribution in [2.24, 2.45) is 11.8 Å². The molecule has 1 fully saturated rings. The highest BCUT2D eigenvalue weighted by Crippen LogP contribution is 2.39. The van der Waals surface area contributed by atoms with Crippen LogP contribution in [0, 0.1) is 11.8 Å². The van der Waals surface area contributed by atoms with Crippen molar-refractivity contribution in [3.8, 4) is 0 Å². The molecule has 12 nitrogen and oxygen atoms in total. The Bertz CT molecular complexity index is 1260. The normalized spacial score (nSPS) is 20.9. The van der Waals surface area contributed by atoms with Crippen LogP contribution in [0.25, 0.3) is 0 Å². The van der Waals surface area contributed by atoms with Gasteiger partial charge in [-0.05, 0) is 70.1 Å². The third-order valence-corrected chi connectivity index (χ3v) is 11.4. The van der Waals surface area contributed by atoms with Crippen LogP contribution >= 0.6 is 7.82 Å². The van der Waals surface area contributed by atoms with Crippen molar-refractivity contribution in [2.45, 2.75) is 173 Å². The second kappa shape index (κ2) is 33.5. The average molecular weight is 856 g/mol. The lowest BCUT2D eigenvalue weighted by Gasteiger charge is -2.28. The van der Waals surface area contributed by atoms with Crippen LogP contribution in [0.3, 0.4) is 0 Å². The van der Waals surface area contributed by atoms with Gasteiger partial charge < -0.3 is 43.2 Å². The molecular formula is C46H82NO11P. The van der Waals surface area contributed by atoms with Crippen molar-refractivity contribution in [1.82, 2.24) is 0 Å². The molecule has 0 saturated heterocycles. The number of aliphatic hydroxyl groups excluding tert-OH is 3. The molecule has 0 aromatic rings. The van der Waals surface area contributed by atoms with Crippen LogP contribution in [0.5, 0.6) is 0 Å². The Balaban J connectivity index is 2.51. The summed E-state index contributed by atoms with van der Waals surface area (Å²) in [6, 6.07) is 0. The second-order valence-electron chi connectivity index (χ2n) is 17.0. The fourth-order valence-electron chi connectivity index (χ4n) is 6.81. The summed E-state index contributed by atoms with van der Waals surface area (Å²) in [6.45, 7) is 3.79. The molecule has 0 heterocycles. The van der Waals surface area contributed by atoms with Crippen molar-refractivity contribution in [3.05, 3.63) is 48.6 Å². The Morgan fingerprint density at radius 3 is 2.02 bits per heavy atom. The first-order valence-electron chi connectivity index (χ1n) is 22.6. The van der Waals surface area contributed by atoms with Gasteiger partial charge in [-0.25, -0.2) is 0 Å². The molecule has 3 N–H and O–H groups in total. The summed E-state index contributed by atoms with van der Waals surface area (Å²) in [5, 5.41) is 31.4. The fourth-order valence-corrected chi connectivity index (χ4v) is 7.54. The number of unbranched alkanes of at least 4 members (excludes halogenated alkanes) is 10. The van der Waals surface area contributed by atoms with E-state index in [0.29, 0.717) is 43.1 Å². The SMILES string of the molecule is CCCCC/C=C\C/C=C\C/C=C\CCCCC(=O)OC[C@H](COP(=O)([O-])OCC[N+](C)(C)C)OC(=O)CCCCCC[C@@H]1[C@@H](/C=C/[C@@H](O)CCCCC)[C@H](O)C[C@@H]1O. The molecule has 0 spiro atoms. The zero-order valence-corrected chi connectivity index (χ0v) is 38.2. The van der Waals surface area contributed by atoms with E-state index in [1.807, 2.05) is 27.2 Å². The topological polar surface area (TPSA) is 172 Å². The van der Waals surface area contributed by atoms with E-state index in [2.05, 4.69) is 50.3 Å². The molecule has 0 bridgehead atoms. The van der Waals surface area contributed by atoms with Crippen LogP contribution in [0.4, 0.5) is 0 Å². The predicted octanol–water partition coefficient (Wildman–Crippen LogP) is 8.43. The Morgan fingerprint density at radius 1 is 0.763 bits per heavy atom. The van der Waals surface area contributed by atoms with Gasteiger partial charge >= 0.3 is 11.9 Å². The standard InChI is InChI=1S/C46H82NO11P/c1-6-8-10-11-12-13-14-15-16-17-18-19-20-21-26-30-45(51)55-37-40(38-57-59(53,54)56-35-34-47(3,4)5)58-46(52)31-27-23-22-25-29-41-42(44(50)36-43(41)49)33-32-39(48)28-24-9-7-2/h12-13,15-16,18-19,32-33,39-44,48-50H,6-11,14,17,20-31,34-38H2,1-5H3/b13-12-,16-15-,19-18-,33-32+/t39-,40+,41+,42+,43-,44+/m0/s1. The number of allylic oxidation sites excluding steroid dienone is 6. The van der Waals surface area contributed by atoms with Crippen molar-refractivity contribution in [3.63, 3.8) is 0 Å². The fraction of sp³-hybridized carbons (Fsp3) is 0.783. The van der Waals surface area contributed by atoms with E-state index < -0.39 is 50.8 Å². The molecule has 0 aromatic heterocycles. The maximum absolute atomic E-state index is 12.8. The monoisotopic (exact) mass is 856 g/mol. The quantitative estimate of drug-likeness (QED) is 0.0182. The predicted molar refractivity (Wildman–Crippen MR) is 233 cm³/mol. The molecule has 7 atom stereocenters. The first kappa shape index (κ1) is 54.9. The molecule has 0 radical (unpaired) electrons. The van der Waals surface area contributed by atoms with Gasteiger partial charge in [0.25, 0.3) is 7.82 Å². The number of hydrogen-bond acceptors (Lipinski definition) is 11. The number of hydrogen-bond donors (Lipinski definition) is 3. The molecule has 1 aliphatic rings. The van der Waals surface area contributed by atoms with Crippen molar-refractivity contribution >= 4 is 19.8 Å². The van der Waals surface area contributed by atoms with E-state index in [-0.39, 0.29) is 37.9 Å². The highest BCUT2D eigenvalue weighted by Gasteiger charge is 2.39. The summed E-state index contributed by atoms with van der Waals surface area (Å²) >= 11 is 0. The summed E-state index contributed by atoms with van der Waals surface area (Å²) in [5.41, 5.74) is 0. The first-order valence-corrected chi connectivity index (χ1v) is 24.1. The Morgan fingerprint density at radius 2 is 1.36 bits per heavy atom. The smallest absolute Gasteiger partial charge is 0.306 e. The van der Waals surface area contributed by atoms with Gasteiger partial charge in [-0.15, -0.1) is 0 Å². The van der Waals surface area contributed by atoms with Crippen molar-refractivity contribution in [1.29, 1.82) is 0 Å². The van der Waals surface area contributed by atoms with Crippen molar-refractivity contribution in [2.75, 3.05) is 47.5 Å². The highest BCUT2D eigenvalue weighted by molar-refractivity contribution is 7.45. The molecule has 0 amide bonds. The van der Waals surface area contributed by atoms with Gasteiger partial charge in [0.2, 0.25) is 0 Å². The first-order chi connectivity index (χ1) is 28.2. The maximum Gasteiger partial charge on any atom is 0.306 e. The summed E-state index contributed by atoms with van der Waals surface area (Å²) in [6.07, 6.45) is 30.6. The number of carbonyl (C=O) groups is 2. The van der Waals surface area contributed by atoms with Crippen LogP contribution in [0.1, 0.15) is 149 Å². The third-order valence-electron chi connectivity index (χ3n) is 10.4. The van der Waals surface area contributed by atoms with Gasteiger partial charge in [0.05, 0.1) is 46.1 Å². The van der Waals surface area contributed by atoms with Gasteiger partial charge in [0.1, 0.15) is 19.8 Å². The molecule has 1 aliphatic carbocycles. The maximum atomic E-state index is 12.8.